The first-order valence-electron chi connectivity index (χ1n) is 7.97. The Morgan fingerprint density at radius 2 is 1.75 bits per heavy atom. The molecule has 0 bridgehead atoms. The first-order chi connectivity index (χ1) is 11.5. The summed E-state index contributed by atoms with van der Waals surface area (Å²) in [4.78, 5) is 24.5. The van der Waals surface area contributed by atoms with E-state index in [1.165, 1.54) is 0 Å². The second kappa shape index (κ2) is 8.15. The molecule has 0 saturated carbocycles. The first-order valence-corrected chi connectivity index (χ1v) is 7.97. The number of nitrogens with zero attached hydrogens (tertiary/aromatic N) is 1. The minimum atomic E-state index is -0.427. The van der Waals surface area contributed by atoms with Crippen molar-refractivity contribution in [2.45, 2.75) is 26.9 Å². The molecule has 2 amide bonds. The van der Waals surface area contributed by atoms with Crippen molar-refractivity contribution in [2.75, 3.05) is 11.9 Å². The van der Waals surface area contributed by atoms with Crippen LogP contribution in [0.4, 0.5) is 5.69 Å². The number of carbonyl (C=O) groups is 2. The number of carbonyl (C=O) groups excluding carboxylic acids is 2. The van der Waals surface area contributed by atoms with Crippen molar-refractivity contribution >= 4 is 17.5 Å². The molecule has 0 radical (unpaired) electrons. The van der Waals surface area contributed by atoms with Gasteiger partial charge in [-0.15, -0.1) is 0 Å². The van der Waals surface area contributed by atoms with Crippen LogP contribution in [0, 0.1) is 0 Å². The normalized spacial score (nSPS) is 10.2. The van der Waals surface area contributed by atoms with Gasteiger partial charge in [-0.05, 0) is 36.2 Å². The number of anilines is 1. The van der Waals surface area contributed by atoms with Gasteiger partial charge in [0.25, 0.3) is 0 Å². The summed E-state index contributed by atoms with van der Waals surface area (Å²) in [6.07, 6.45) is 0. The second-order valence-electron chi connectivity index (χ2n) is 5.61. The summed E-state index contributed by atoms with van der Waals surface area (Å²) in [5.41, 5.74) is 8.86. The summed E-state index contributed by atoms with van der Waals surface area (Å²) in [7, 11) is 0. The van der Waals surface area contributed by atoms with Crippen molar-refractivity contribution in [1.29, 1.82) is 0 Å². The predicted octanol–water partition coefficient (Wildman–Crippen LogP) is 2.77. The van der Waals surface area contributed by atoms with E-state index in [2.05, 4.69) is 5.32 Å². The zero-order chi connectivity index (χ0) is 17.5. The van der Waals surface area contributed by atoms with E-state index < -0.39 is 5.91 Å². The smallest absolute Gasteiger partial charge is 0.248 e. The Labute approximate surface area is 142 Å². The third-order valence-electron chi connectivity index (χ3n) is 3.93. The van der Waals surface area contributed by atoms with Gasteiger partial charge in [0.05, 0.1) is 0 Å². The predicted molar refractivity (Wildman–Crippen MR) is 95.5 cm³/mol. The molecule has 0 heterocycles. The Hall–Kier alpha value is -2.82. The summed E-state index contributed by atoms with van der Waals surface area (Å²) in [6.45, 7) is 5.44. The number of nitrogens with two attached hydrogens (primary N) is 1. The standard InChI is InChI=1S/C19H23N3O2/c1-3-22(14(2)23)13-17-6-4-5-7-18(17)21-12-15-8-10-16(11-9-15)19(20)24/h4-11,21H,3,12-13H2,1-2H3,(H2,20,24). The summed E-state index contributed by atoms with van der Waals surface area (Å²) in [5.74, 6) is -0.363. The van der Waals surface area contributed by atoms with Gasteiger partial charge in [0.2, 0.25) is 11.8 Å². The number of nitrogens with one attached hydrogen (secondary N) is 1. The molecule has 0 aliphatic heterocycles. The van der Waals surface area contributed by atoms with Gasteiger partial charge in [-0.2, -0.15) is 0 Å². The van der Waals surface area contributed by atoms with E-state index in [-0.39, 0.29) is 5.91 Å². The fourth-order valence-electron chi connectivity index (χ4n) is 2.47. The van der Waals surface area contributed by atoms with Crippen molar-refractivity contribution < 1.29 is 9.59 Å². The number of amides is 2. The lowest BCUT2D eigenvalue weighted by Crippen LogP contribution is -2.28. The number of hydrogen-bond donors (Lipinski definition) is 2. The highest BCUT2D eigenvalue weighted by molar-refractivity contribution is 5.92. The van der Waals surface area contributed by atoms with Crippen LogP contribution in [0.5, 0.6) is 0 Å². The average molecular weight is 325 g/mol. The van der Waals surface area contributed by atoms with Crippen LogP contribution in [-0.2, 0) is 17.9 Å². The van der Waals surface area contributed by atoms with Crippen molar-refractivity contribution in [3.05, 3.63) is 65.2 Å². The van der Waals surface area contributed by atoms with Gasteiger partial charge < -0.3 is 16.0 Å². The maximum absolute atomic E-state index is 11.6. The molecular formula is C19H23N3O2. The molecule has 2 aromatic rings. The Balaban J connectivity index is 2.07. The maximum atomic E-state index is 11.6. The minimum absolute atomic E-state index is 0.0642. The number of para-hydroxylation sites is 1. The average Bonchev–Trinajstić information content (AvgIpc) is 2.58. The minimum Gasteiger partial charge on any atom is -0.381 e. The number of hydrogen-bond acceptors (Lipinski definition) is 3. The zero-order valence-electron chi connectivity index (χ0n) is 14.1. The molecule has 0 aromatic heterocycles. The van der Waals surface area contributed by atoms with Gasteiger partial charge in [-0.3, -0.25) is 9.59 Å². The quantitative estimate of drug-likeness (QED) is 0.822. The molecule has 126 valence electrons. The van der Waals surface area contributed by atoms with Gasteiger partial charge in [0.1, 0.15) is 0 Å². The third-order valence-corrected chi connectivity index (χ3v) is 3.93. The van der Waals surface area contributed by atoms with Gasteiger partial charge in [0.15, 0.2) is 0 Å². The molecule has 0 aliphatic rings. The number of rotatable bonds is 7. The highest BCUT2D eigenvalue weighted by Crippen LogP contribution is 2.18. The molecule has 5 nitrogen and oxygen atoms in total. The Kier molecular flexibility index (Phi) is 5.95. The molecule has 24 heavy (non-hydrogen) atoms. The largest absolute Gasteiger partial charge is 0.381 e. The molecule has 0 saturated heterocycles. The van der Waals surface area contributed by atoms with E-state index in [9.17, 15) is 9.59 Å². The molecular weight excluding hydrogens is 302 g/mol. The van der Waals surface area contributed by atoms with E-state index >= 15 is 0 Å². The summed E-state index contributed by atoms with van der Waals surface area (Å²) in [5, 5.41) is 3.39. The van der Waals surface area contributed by atoms with E-state index in [1.807, 2.05) is 43.3 Å². The number of primary amides is 1. The zero-order valence-corrected chi connectivity index (χ0v) is 14.1. The molecule has 2 rings (SSSR count). The van der Waals surface area contributed by atoms with Crippen molar-refractivity contribution in [3.8, 4) is 0 Å². The summed E-state index contributed by atoms with van der Waals surface area (Å²) >= 11 is 0. The van der Waals surface area contributed by atoms with E-state index in [1.54, 1.807) is 24.0 Å². The van der Waals surface area contributed by atoms with E-state index in [4.69, 9.17) is 5.73 Å². The Morgan fingerprint density at radius 3 is 2.33 bits per heavy atom. The van der Waals surface area contributed by atoms with Gasteiger partial charge in [0, 0.05) is 37.8 Å². The monoisotopic (exact) mass is 325 g/mol. The van der Waals surface area contributed by atoms with Gasteiger partial charge in [-0.25, -0.2) is 0 Å². The van der Waals surface area contributed by atoms with E-state index in [0.29, 0.717) is 25.2 Å². The number of benzene rings is 2. The lowest BCUT2D eigenvalue weighted by Gasteiger charge is -2.21. The van der Waals surface area contributed by atoms with Crippen LogP contribution in [0.15, 0.2) is 48.5 Å². The highest BCUT2D eigenvalue weighted by atomic mass is 16.2. The molecule has 0 unspecified atom stereocenters. The fraction of sp³-hybridized carbons (Fsp3) is 0.263. The van der Waals surface area contributed by atoms with Crippen LogP contribution in [0.2, 0.25) is 0 Å². The van der Waals surface area contributed by atoms with Crippen molar-refractivity contribution in [3.63, 3.8) is 0 Å². The van der Waals surface area contributed by atoms with Gasteiger partial charge in [-0.1, -0.05) is 30.3 Å². The van der Waals surface area contributed by atoms with Gasteiger partial charge >= 0.3 is 0 Å². The molecule has 3 N–H and O–H groups in total. The van der Waals surface area contributed by atoms with Crippen LogP contribution >= 0.6 is 0 Å². The lowest BCUT2D eigenvalue weighted by atomic mass is 10.1. The van der Waals surface area contributed by atoms with Crippen LogP contribution in [0.25, 0.3) is 0 Å². The second-order valence-corrected chi connectivity index (χ2v) is 5.61. The molecule has 0 aliphatic carbocycles. The van der Waals surface area contributed by atoms with Crippen molar-refractivity contribution in [2.24, 2.45) is 5.73 Å². The third kappa shape index (κ3) is 4.59. The molecule has 5 heteroatoms. The Bertz CT molecular complexity index is 711. The Morgan fingerprint density at radius 1 is 1.08 bits per heavy atom. The highest BCUT2D eigenvalue weighted by Gasteiger charge is 2.10. The summed E-state index contributed by atoms with van der Waals surface area (Å²) in [6, 6.07) is 15.2. The fourth-order valence-corrected chi connectivity index (χ4v) is 2.47. The topological polar surface area (TPSA) is 75.4 Å². The molecule has 0 atom stereocenters. The molecule has 0 fully saturated rings. The van der Waals surface area contributed by atoms with Crippen molar-refractivity contribution in [1.82, 2.24) is 4.90 Å². The van der Waals surface area contributed by atoms with Crippen LogP contribution in [0.1, 0.15) is 35.3 Å². The van der Waals surface area contributed by atoms with Crippen LogP contribution < -0.4 is 11.1 Å². The van der Waals surface area contributed by atoms with E-state index in [0.717, 1.165) is 16.8 Å². The lowest BCUT2D eigenvalue weighted by molar-refractivity contribution is -0.129. The van der Waals surface area contributed by atoms with Crippen LogP contribution in [0.3, 0.4) is 0 Å². The molecule has 0 spiro atoms. The molecule has 2 aromatic carbocycles. The summed E-state index contributed by atoms with van der Waals surface area (Å²) < 4.78 is 0. The SMILES string of the molecule is CCN(Cc1ccccc1NCc1ccc(C(N)=O)cc1)C(C)=O. The maximum Gasteiger partial charge on any atom is 0.248 e. The van der Waals surface area contributed by atoms with Crippen LogP contribution in [-0.4, -0.2) is 23.3 Å². The first kappa shape index (κ1) is 17.5.